The molecule has 0 radical (unpaired) electrons. The zero-order valence-electron chi connectivity index (χ0n) is 13.7. The third kappa shape index (κ3) is 2.53. The van der Waals surface area contributed by atoms with Gasteiger partial charge in [0.1, 0.15) is 5.44 Å². The second-order valence-electron chi connectivity index (χ2n) is 5.51. The predicted molar refractivity (Wildman–Crippen MR) is 94.4 cm³/mol. The predicted octanol–water partition coefficient (Wildman–Crippen LogP) is 4.26. The molecule has 2 aromatic carbocycles. The van der Waals surface area contributed by atoms with Crippen molar-refractivity contribution in [3.63, 3.8) is 0 Å². The number of hydrogen-bond acceptors (Lipinski definition) is 3. The zero-order valence-corrected chi connectivity index (χ0v) is 14.6. The van der Waals surface area contributed by atoms with Crippen LogP contribution in [-0.2, 0) is 20.7 Å². The van der Waals surface area contributed by atoms with Gasteiger partial charge >= 0.3 is 7.60 Å². The number of aryl methyl sites for hydroxylation is 1. The Hall–Kier alpha value is -1.87. The van der Waals surface area contributed by atoms with Gasteiger partial charge < -0.3 is 13.6 Å². The van der Waals surface area contributed by atoms with Gasteiger partial charge in [0, 0.05) is 32.0 Å². The van der Waals surface area contributed by atoms with Crippen LogP contribution in [-0.4, -0.2) is 18.8 Å². The maximum absolute atomic E-state index is 13.0. The highest BCUT2D eigenvalue weighted by molar-refractivity contribution is 7.62. The highest BCUT2D eigenvalue weighted by atomic mass is 31.2. The molecule has 1 aromatic heterocycles. The molecule has 0 amide bonds. The number of benzene rings is 2. The lowest BCUT2D eigenvalue weighted by atomic mass is 10.1. The van der Waals surface area contributed by atoms with E-state index in [1.807, 2.05) is 35.9 Å². The second kappa shape index (κ2) is 5.97. The Morgan fingerprint density at radius 3 is 2.04 bits per heavy atom. The van der Waals surface area contributed by atoms with Gasteiger partial charge in [-0.15, -0.1) is 0 Å². The van der Waals surface area contributed by atoms with Crippen molar-refractivity contribution in [1.82, 2.24) is 4.57 Å². The average molecular weight is 329 g/mol. The van der Waals surface area contributed by atoms with Crippen LogP contribution in [0.2, 0.25) is 0 Å². The number of nitrogens with zero attached hydrogens (tertiary/aromatic N) is 1. The Balaban J connectivity index is 2.38. The molecule has 0 aliphatic carbocycles. The van der Waals surface area contributed by atoms with E-state index in [1.165, 1.54) is 19.8 Å². The molecule has 23 heavy (non-hydrogen) atoms. The highest BCUT2D eigenvalue weighted by Crippen LogP contribution is 2.48. The number of rotatable bonds is 4. The molecule has 1 heterocycles. The third-order valence-corrected chi connectivity index (χ3v) is 6.16. The summed E-state index contributed by atoms with van der Waals surface area (Å²) in [6, 6.07) is 16.2. The van der Waals surface area contributed by atoms with Crippen LogP contribution in [0, 0.1) is 6.92 Å². The summed E-state index contributed by atoms with van der Waals surface area (Å²) < 4.78 is 25.4. The first kappa shape index (κ1) is 16.0. The largest absolute Gasteiger partial charge is 0.377 e. The SMILES string of the molecule is COP(=O)(OC)c1c2ccccc2c(-c2ccc(C)cc2)n1C. The Morgan fingerprint density at radius 2 is 1.48 bits per heavy atom. The van der Waals surface area contributed by atoms with Crippen molar-refractivity contribution in [2.75, 3.05) is 14.2 Å². The van der Waals surface area contributed by atoms with Gasteiger partial charge in [0.25, 0.3) is 0 Å². The van der Waals surface area contributed by atoms with E-state index >= 15 is 0 Å². The maximum atomic E-state index is 13.0. The minimum atomic E-state index is -3.36. The van der Waals surface area contributed by atoms with Crippen LogP contribution < -0.4 is 5.44 Å². The van der Waals surface area contributed by atoms with E-state index in [0.29, 0.717) is 5.44 Å². The van der Waals surface area contributed by atoms with Crippen LogP contribution in [0.4, 0.5) is 0 Å². The summed E-state index contributed by atoms with van der Waals surface area (Å²) >= 11 is 0. The quantitative estimate of drug-likeness (QED) is 0.671. The normalized spacial score (nSPS) is 12.0. The van der Waals surface area contributed by atoms with Gasteiger partial charge in [-0.3, -0.25) is 4.57 Å². The molecule has 0 saturated heterocycles. The van der Waals surface area contributed by atoms with Gasteiger partial charge in [-0.25, -0.2) is 0 Å². The molecule has 5 heteroatoms. The van der Waals surface area contributed by atoms with Crippen molar-refractivity contribution in [3.05, 3.63) is 54.1 Å². The van der Waals surface area contributed by atoms with Gasteiger partial charge in [-0.05, 0) is 12.5 Å². The Morgan fingerprint density at radius 1 is 0.913 bits per heavy atom. The van der Waals surface area contributed by atoms with Crippen molar-refractivity contribution in [2.45, 2.75) is 6.92 Å². The van der Waals surface area contributed by atoms with E-state index < -0.39 is 7.60 Å². The summed E-state index contributed by atoms with van der Waals surface area (Å²) in [5.41, 5.74) is 3.85. The third-order valence-electron chi connectivity index (χ3n) is 4.14. The first-order valence-corrected chi connectivity index (χ1v) is 8.92. The van der Waals surface area contributed by atoms with Crippen LogP contribution in [0.15, 0.2) is 48.5 Å². The fraction of sp³-hybridized carbons (Fsp3) is 0.222. The topological polar surface area (TPSA) is 40.5 Å². The Bertz CT molecular complexity index is 889. The molecule has 0 saturated carbocycles. The zero-order chi connectivity index (χ0) is 16.6. The summed E-state index contributed by atoms with van der Waals surface area (Å²) in [6.07, 6.45) is 0. The van der Waals surface area contributed by atoms with E-state index in [0.717, 1.165) is 22.0 Å². The summed E-state index contributed by atoms with van der Waals surface area (Å²) in [5.74, 6) is 0. The fourth-order valence-corrected chi connectivity index (χ4v) is 4.44. The molecule has 120 valence electrons. The van der Waals surface area contributed by atoms with Crippen molar-refractivity contribution >= 4 is 23.8 Å². The van der Waals surface area contributed by atoms with Crippen molar-refractivity contribution in [1.29, 1.82) is 0 Å². The summed E-state index contributed by atoms with van der Waals surface area (Å²) in [4.78, 5) is 0. The summed E-state index contributed by atoms with van der Waals surface area (Å²) in [5, 5.41) is 1.92. The number of aromatic nitrogens is 1. The van der Waals surface area contributed by atoms with Crippen molar-refractivity contribution in [3.8, 4) is 11.3 Å². The molecule has 0 spiro atoms. The first-order chi connectivity index (χ1) is 11.0. The number of hydrogen-bond donors (Lipinski definition) is 0. The highest BCUT2D eigenvalue weighted by Gasteiger charge is 2.32. The van der Waals surface area contributed by atoms with Gasteiger partial charge in [0.05, 0.1) is 5.69 Å². The van der Waals surface area contributed by atoms with Gasteiger partial charge in [-0.1, -0.05) is 54.1 Å². The van der Waals surface area contributed by atoms with Crippen molar-refractivity contribution < 1.29 is 13.6 Å². The first-order valence-electron chi connectivity index (χ1n) is 7.38. The summed E-state index contributed by atoms with van der Waals surface area (Å²) in [7, 11) is 1.36. The van der Waals surface area contributed by atoms with E-state index in [-0.39, 0.29) is 0 Å². The minimum absolute atomic E-state index is 0.577. The average Bonchev–Trinajstić information content (AvgIpc) is 2.87. The monoisotopic (exact) mass is 329 g/mol. The molecule has 0 aliphatic rings. The Kier molecular flexibility index (Phi) is 4.15. The standard InChI is InChI=1S/C18H20NO3P/c1-13-9-11-14(12-10-13)17-15-7-5-6-8-16(15)18(19(17)2)23(20,21-3)22-4/h5-12H,1-4H3. The van der Waals surface area contributed by atoms with Gasteiger partial charge in [0.2, 0.25) is 0 Å². The summed E-state index contributed by atoms with van der Waals surface area (Å²) in [6.45, 7) is 2.06. The van der Waals surface area contributed by atoms with Crippen molar-refractivity contribution in [2.24, 2.45) is 7.05 Å². The molecular formula is C18H20NO3P. The maximum Gasteiger partial charge on any atom is 0.377 e. The van der Waals surface area contributed by atoms with Crippen LogP contribution in [0.1, 0.15) is 5.56 Å². The number of fused-ring (bicyclic) bond motifs is 1. The smallest absolute Gasteiger partial charge is 0.336 e. The molecule has 3 aromatic rings. The van der Waals surface area contributed by atoms with E-state index in [2.05, 4.69) is 31.2 Å². The molecule has 0 fully saturated rings. The fourth-order valence-electron chi connectivity index (χ4n) is 2.99. The van der Waals surface area contributed by atoms with Crippen LogP contribution >= 0.6 is 7.60 Å². The van der Waals surface area contributed by atoms with Crippen LogP contribution in [0.5, 0.6) is 0 Å². The lowest BCUT2D eigenvalue weighted by Crippen LogP contribution is -2.17. The molecule has 0 atom stereocenters. The van der Waals surface area contributed by atoms with E-state index in [9.17, 15) is 4.57 Å². The molecule has 0 unspecified atom stereocenters. The molecule has 0 bridgehead atoms. The molecular weight excluding hydrogens is 309 g/mol. The molecule has 0 aliphatic heterocycles. The molecule has 4 nitrogen and oxygen atoms in total. The lowest BCUT2D eigenvalue weighted by molar-refractivity contribution is 0.286. The van der Waals surface area contributed by atoms with Gasteiger partial charge in [-0.2, -0.15) is 0 Å². The van der Waals surface area contributed by atoms with Crippen LogP contribution in [0.25, 0.3) is 22.0 Å². The van der Waals surface area contributed by atoms with Crippen LogP contribution in [0.3, 0.4) is 0 Å². The minimum Gasteiger partial charge on any atom is -0.336 e. The molecule has 0 N–H and O–H groups in total. The van der Waals surface area contributed by atoms with Gasteiger partial charge in [0.15, 0.2) is 0 Å². The Labute approximate surface area is 136 Å². The second-order valence-corrected chi connectivity index (χ2v) is 7.65. The van der Waals surface area contributed by atoms with E-state index in [1.54, 1.807) is 0 Å². The lowest BCUT2D eigenvalue weighted by Gasteiger charge is -2.16. The van der Waals surface area contributed by atoms with E-state index in [4.69, 9.17) is 9.05 Å². The molecule has 3 rings (SSSR count).